The zero-order valence-electron chi connectivity index (χ0n) is 7.01. The number of carbonyl (C=O) groups excluding carboxylic acids is 1. The highest BCUT2D eigenvalue weighted by Gasteiger charge is 2.24. The van der Waals surface area contributed by atoms with Gasteiger partial charge in [-0.05, 0) is 29.9 Å². The SMILES string of the molecule is CC1CCN(C(=O)Cl)CC1C. The largest absolute Gasteiger partial charge is 0.329 e. The summed E-state index contributed by atoms with van der Waals surface area (Å²) in [5.41, 5.74) is 0. The highest BCUT2D eigenvalue weighted by molar-refractivity contribution is 6.62. The fourth-order valence-electron chi connectivity index (χ4n) is 1.42. The first-order chi connectivity index (χ1) is 5.11. The summed E-state index contributed by atoms with van der Waals surface area (Å²) in [6, 6.07) is 0. The molecule has 0 aromatic carbocycles. The number of piperidine rings is 1. The molecule has 2 atom stereocenters. The number of likely N-dealkylation sites (tertiary alicyclic amines) is 1. The van der Waals surface area contributed by atoms with Crippen LogP contribution in [0.1, 0.15) is 20.3 Å². The van der Waals surface area contributed by atoms with E-state index in [2.05, 4.69) is 13.8 Å². The van der Waals surface area contributed by atoms with Crippen molar-refractivity contribution in [2.24, 2.45) is 11.8 Å². The van der Waals surface area contributed by atoms with Crippen molar-refractivity contribution in [3.8, 4) is 0 Å². The maximum atomic E-state index is 10.7. The van der Waals surface area contributed by atoms with E-state index in [1.165, 1.54) is 0 Å². The minimum Gasteiger partial charge on any atom is -0.329 e. The molecule has 11 heavy (non-hydrogen) atoms. The van der Waals surface area contributed by atoms with Gasteiger partial charge in [-0.15, -0.1) is 0 Å². The van der Waals surface area contributed by atoms with Crippen LogP contribution in [0.2, 0.25) is 0 Å². The maximum Gasteiger partial charge on any atom is 0.316 e. The van der Waals surface area contributed by atoms with Crippen LogP contribution in [0, 0.1) is 11.8 Å². The molecule has 1 aliphatic heterocycles. The fraction of sp³-hybridized carbons (Fsp3) is 0.875. The average molecular weight is 176 g/mol. The van der Waals surface area contributed by atoms with Crippen molar-refractivity contribution >= 4 is 17.0 Å². The van der Waals surface area contributed by atoms with Crippen molar-refractivity contribution in [3.05, 3.63) is 0 Å². The molecule has 0 bridgehead atoms. The van der Waals surface area contributed by atoms with Crippen LogP contribution in [-0.4, -0.2) is 23.4 Å². The molecule has 0 N–H and O–H groups in total. The maximum absolute atomic E-state index is 10.7. The number of nitrogens with zero attached hydrogens (tertiary/aromatic N) is 1. The van der Waals surface area contributed by atoms with E-state index in [-0.39, 0.29) is 5.37 Å². The molecule has 0 saturated carbocycles. The Bertz CT molecular complexity index is 160. The van der Waals surface area contributed by atoms with E-state index in [1.54, 1.807) is 4.90 Å². The summed E-state index contributed by atoms with van der Waals surface area (Å²) < 4.78 is 0. The zero-order valence-corrected chi connectivity index (χ0v) is 7.77. The van der Waals surface area contributed by atoms with E-state index in [1.807, 2.05) is 0 Å². The van der Waals surface area contributed by atoms with Gasteiger partial charge in [0.1, 0.15) is 0 Å². The topological polar surface area (TPSA) is 20.3 Å². The lowest BCUT2D eigenvalue weighted by atomic mass is 9.89. The standard InChI is InChI=1S/C8H14ClNO/c1-6-3-4-10(8(9)11)5-7(6)2/h6-7H,3-5H2,1-2H3. The van der Waals surface area contributed by atoms with Crippen molar-refractivity contribution in [2.45, 2.75) is 20.3 Å². The third-order valence-electron chi connectivity index (χ3n) is 2.58. The van der Waals surface area contributed by atoms with Crippen molar-refractivity contribution in [1.29, 1.82) is 0 Å². The third-order valence-corrected chi connectivity index (χ3v) is 2.82. The van der Waals surface area contributed by atoms with Gasteiger partial charge < -0.3 is 4.90 Å². The van der Waals surface area contributed by atoms with Crippen LogP contribution < -0.4 is 0 Å². The van der Waals surface area contributed by atoms with Gasteiger partial charge in [-0.1, -0.05) is 13.8 Å². The highest BCUT2D eigenvalue weighted by Crippen LogP contribution is 2.22. The van der Waals surface area contributed by atoms with Gasteiger partial charge in [0, 0.05) is 13.1 Å². The Hall–Kier alpha value is -0.240. The second-order valence-corrected chi connectivity index (χ2v) is 3.77. The molecule has 0 aromatic rings. The number of carbonyl (C=O) groups is 1. The van der Waals surface area contributed by atoms with Gasteiger partial charge in [0.2, 0.25) is 0 Å². The van der Waals surface area contributed by atoms with Crippen molar-refractivity contribution in [1.82, 2.24) is 4.90 Å². The lowest BCUT2D eigenvalue weighted by Crippen LogP contribution is -2.39. The minimum atomic E-state index is -0.302. The lowest BCUT2D eigenvalue weighted by molar-refractivity contribution is 0.161. The van der Waals surface area contributed by atoms with Crippen LogP contribution >= 0.6 is 11.6 Å². The van der Waals surface area contributed by atoms with E-state index >= 15 is 0 Å². The predicted octanol–water partition coefficient (Wildman–Crippen LogP) is 2.32. The molecule has 1 aliphatic rings. The lowest BCUT2D eigenvalue weighted by Gasteiger charge is -2.33. The summed E-state index contributed by atoms with van der Waals surface area (Å²) in [7, 11) is 0. The van der Waals surface area contributed by atoms with Crippen molar-refractivity contribution < 1.29 is 4.79 Å². The summed E-state index contributed by atoms with van der Waals surface area (Å²) in [5, 5.41) is -0.302. The molecule has 1 heterocycles. The molecule has 1 fully saturated rings. The van der Waals surface area contributed by atoms with Gasteiger partial charge in [-0.2, -0.15) is 0 Å². The Labute approximate surface area is 72.5 Å². The first-order valence-corrected chi connectivity index (χ1v) is 4.43. The third kappa shape index (κ3) is 2.09. The normalized spacial score (nSPS) is 32.1. The fourth-order valence-corrected chi connectivity index (χ4v) is 1.58. The van der Waals surface area contributed by atoms with Gasteiger partial charge in [-0.3, -0.25) is 4.79 Å². The molecule has 1 saturated heterocycles. The average Bonchev–Trinajstić information content (AvgIpc) is 1.94. The second kappa shape index (κ2) is 3.44. The molecule has 2 nitrogen and oxygen atoms in total. The Kier molecular flexibility index (Phi) is 2.77. The molecular formula is C8H14ClNO. The zero-order chi connectivity index (χ0) is 8.43. The van der Waals surface area contributed by atoms with Gasteiger partial charge in [0.05, 0.1) is 0 Å². The van der Waals surface area contributed by atoms with E-state index in [0.717, 1.165) is 25.4 Å². The Balaban J connectivity index is 2.46. The van der Waals surface area contributed by atoms with Crippen LogP contribution in [-0.2, 0) is 0 Å². The molecule has 0 spiro atoms. The first kappa shape index (κ1) is 8.85. The summed E-state index contributed by atoms with van der Waals surface area (Å²) >= 11 is 5.36. The number of hydrogen-bond acceptors (Lipinski definition) is 1. The van der Waals surface area contributed by atoms with Crippen molar-refractivity contribution in [2.75, 3.05) is 13.1 Å². The summed E-state index contributed by atoms with van der Waals surface area (Å²) in [6.45, 7) is 6.04. The molecular weight excluding hydrogens is 162 g/mol. The van der Waals surface area contributed by atoms with Gasteiger partial charge in [0.15, 0.2) is 0 Å². The van der Waals surface area contributed by atoms with Crippen LogP contribution in [0.15, 0.2) is 0 Å². The number of rotatable bonds is 0. The van der Waals surface area contributed by atoms with E-state index in [4.69, 9.17) is 11.6 Å². The number of halogens is 1. The highest BCUT2D eigenvalue weighted by atomic mass is 35.5. The number of amides is 1. The predicted molar refractivity (Wildman–Crippen MR) is 45.8 cm³/mol. The monoisotopic (exact) mass is 175 g/mol. The Morgan fingerprint density at radius 3 is 2.55 bits per heavy atom. The number of hydrogen-bond donors (Lipinski definition) is 0. The Morgan fingerprint density at radius 1 is 1.45 bits per heavy atom. The molecule has 0 aromatic heterocycles. The van der Waals surface area contributed by atoms with Crippen molar-refractivity contribution in [3.63, 3.8) is 0 Å². The summed E-state index contributed by atoms with van der Waals surface area (Å²) in [4.78, 5) is 12.5. The van der Waals surface area contributed by atoms with Crippen LogP contribution in [0.4, 0.5) is 4.79 Å². The van der Waals surface area contributed by atoms with E-state index in [0.29, 0.717) is 5.92 Å². The second-order valence-electron chi connectivity index (χ2n) is 3.44. The smallest absolute Gasteiger partial charge is 0.316 e. The van der Waals surface area contributed by atoms with E-state index in [9.17, 15) is 4.79 Å². The molecule has 1 rings (SSSR count). The van der Waals surface area contributed by atoms with E-state index < -0.39 is 0 Å². The van der Waals surface area contributed by atoms with Gasteiger partial charge >= 0.3 is 5.37 Å². The van der Waals surface area contributed by atoms with Gasteiger partial charge in [0.25, 0.3) is 0 Å². The molecule has 0 radical (unpaired) electrons. The van der Waals surface area contributed by atoms with Gasteiger partial charge in [-0.25, -0.2) is 0 Å². The van der Waals surface area contributed by atoms with Crippen LogP contribution in [0.3, 0.4) is 0 Å². The first-order valence-electron chi connectivity index (χ1n) is 4.05. The molecule has 3 heteroatoms. The van der Waals surface area contributed by atoms with Crippen LogP contribution in [0.5, 0.6) is 0 Å². The quantitative estimate of drug-likeness (QED) is 0.409. The van der Waals surface area contributed by atoms with Crippen LogP contribution in [0.25, 0.3) is 0 Å². The molecule has 1 amide bonds. The molecule has 0 aliphatic carbocycles. The summed E-state index contributed by atoms with van der Waals surface area (Å²) in [5.74, 6) is 1.31. The molecule has 64 valence electrons. The summed E-state index contributed by atoms with van der Waals surface area (Å²) in [6.07, 6.45) is 1.08. The minimum absolute atomic E-state index is 0.302. The Morgan fingerprint density at radius 2 is 2.09 bits per heavy atom. The molecule has 2 unspecified atom stereocenters.